The number of hydrogen-bond donors (Lipinski definition) is 0. The van der Waals surface area contributed by atoms with Crippen LogP contribution >= 0.6 is 0 Å². The molecule has 2 heterocycles. The van der Waals surface area contributed by atoms with Gasteiger partial charge >= 0.3 is 12.1 Å². The Kier molecular flexibility index (Phi) is 4.30. The molecule has 0 aliphatic heterocycles. The first-order chi connectivity index (χ1) is 11.8. The molecule has 0 aliphatic carbocycles. The van der Waals surface area contributed by atoms with Crippen molar-refractivity contribution >= 4 is 12.3 Å². The fourth-order valence-electron chi connectivity index (χ4n) is 2.12. The van der Waals surface area contributed by atoms with Crippen LogP contribution in [0.15, 0.2) is 35.1 Å². The number of aryl methyl sites for hydroxylation is 1. The zero-order chi connectivity index (χ0) is 18.0. The summed E-state index contributed by atoms with van der Waals surface area (Å²) >= 11 is 0. The molecule has 0 bridgehead atoms. The first-order valence-electron chi connectivity index (χ1n) is 7.13. The normalized spacial score (nSPS) is 12.0. The Balaban J connectivity index is 1.80. The molecule has 0 fully saturated rings. The summed E-state index contributed by atoms with van der Waals surface area (Å²) in [5.41, 5.74) is 1.76. The second-order valence-corrected chi connectivity index (χ2v) is 5.17. The van der Waals surface area contributed by atoms with Crippen LogP contribution in [0.4, 0.5) is 13.2 Å². The Hall–Kier alpha value is -3.10. The van der Waals surface area contributed by atoms with E-state index in [9.17, 15) is 13.2 Å². The summed E-state index contributed by atoms with van der Waals surface area (Å²) in [6.07, 6.45) is 0.544. The lowest BCUT2D eigenvalue weighted by atomic mass is 10.1. The fourth-order valence-corrected chi connectivity index (χ4v) is 2.12. The van der Waals surface area contributed by atoms with Crippen molar-refractivity contribution in [3.63, 3.8) is 0 Å². The van der Waals surface area contributed by atoms with Gasteiger partial charge in [0.15, 0.2) is 5.82 Å². The standard InChI is InChI=1S/C16H13F3N4O2/c1-10-5-11(7-13(6-10)24-2)14-21-9-23(22-14)4-3-12-8-20-15(25-12)16(17,18)19/h3-9H,1-2H3/b4-3-. The number of oxazole rings is 1. The highest BCUT2D eigenvalue weighted by Gasteiger charge is 2.36. The van der Waals surface area contributed by atoms with Crippen LogP contribution in [0.25, 0.3) is 23.7 Å². The van der Waals surface area contributed by atoms with Gasteiger partial charge in [-0.15, -0.1) is 5.10 Å². The van der Waals surface area contributed by atoms with Crippen molar-refractivity contribution in [2.75, 3.05) is 7.11 Å². The second kappa shape index (κ2) is 6.42. The molecule has 0 amide bonds. The Morgan fingerprint density at radius 3 is 2.68 bits per heavy atom. The number of methoxy groups -OCH3 is 1. The van der Waals surface area contributed by atoms with E-state index in [1.165, 1.54) is 23.3 Å². The van der Waals surface area contributed by atoms with Gasteiger partial charge in [-0.2, -0.15) is 13.2 Å². The van der Waals surface area contributed by atoms with E-state index in [1.807, 2.05) is 19.1 Å². The van der Waals surface area contributed by atoms with E-state index in [-0.39, 0.29) is 5.76 Å². The Morgan fingerprint density at radius 2 is 2.00 bits per heavy atom. The highest BCUT2D eigenvalue weighted by atomic mass is 19.4. The minimum atomic E-state index is -4.61. The molecule has 25 heavy (non-hydrogen) atoms. The largest absolute Gasteiger partial charge is 0.497 e. The van der Waals surface area contributed by atoms with Crippen molar-refractivity contribution in [2.45, 2.75) is 13.1 Å². The fraction of sp³-hybridized carbons (Fsp3) is 0.188. The third-order valence-electron chi connectivity index (χ3n) is 3.21. The molecule has 0 aliphatic rings. The summed E-state index contributed by atoms with van der Waals surface area (Å²) < 4.78 is 48.5. The molecule has 0 saturated heterocycles. The minimum absolute atomic E-state index is 0.0402. The van der Waals surface area contributed by atoms with E-state index in [2.05, 4.69) is 19.5 Å². The van der Waals surface area contributed by atoms with Gasteiger partial charge in [0.25, 0.3) is 0 Å². The van der Waals surface area contributed by atoms with Crippen molar-refractivity contribution in [3.8, 4) is 17.1 Å². The van der Waals surface area contributed by atoms with Gasteiger partial charge in [0.1, 0.15) is 17.8 Å². The summed E-state index contributed by atoms with van der Waals surface area (Å²) in [5.74, 6) is -0.191. The van der Waals surface area contributed by atoms with Crippen LogP contribution < -0.4 is 4.74 Å². The molecule has 3 aromatic rings. The average Bonchev–Trinajstić information content (AvgIpc) is 3.21. The Morgan fingerprint density at radius 1 is 1.20 bits per heavy atom. The zero-order valence-electron chi connectivity index (χ0n) is 13.3. The molecule has 130 valence electrons. The lowest BCUT2D eigenvalue weighted by Crippen LogP contribution is -2.04. The van der Waals surface area contributed by atoms with Crippen molar-refractivity contribution < 1.29 is 22.3 Å². The summed E-state index contributed by atoms with van der Waals surface area (Å²) in [7, 11) is 1.57. The van der Waals surface area contributed by atoms with Crippen LogP contribution in [0.2, 0.25) is 0 Å². The predicted molar refractivity (Wildman–Crippen MR) is 83.5 cm³/mol. The Labute approximate surface area is 140 Å². The smallest absolute Gasteiger partial charge is 0.468 e. The van der Waals surface area contributed by atoms with E-state index in [4.69, 9.17) is 4.74 Å². The maximum Gasteiger partial charge on any atom is 0.468 e. The van der Waals surface area contributed by atoms with Crippen LogP contribution in [-0.2, 0) is 6.18 Å². The van der Waals surface area contributed by atoms with Crippen LogP contribution in [0.5, 0.6) is 5.75 Å². The molecule has 0 N–H and O–H groups in total. The molecule has 0 atom stereocenters. The van der Waals surface area contributed by atoms with Crippen molar-refractivity contribution in [2.24, 2.45) is 0 Å². The van der Waals surface area contributed by atoms with Crippen molar-refractivity contribution in [1.29, 1.82) is 0 Å². The maximum atomic E-state index is 12.4. The molecule has 1 aromatic carbocycles. The second-order valence-electron chi connectivity index (χ2n) is 5.17. The monoisotopic (exact) mass is 350 g/mol. The predicted octanol–water partition coefficient (Wildman–Crippen LogP) is 3.90. The number of aromatic nitrogens is 4. The van der Waals surface area contributed by atoms with Gasteiger partial charge in [-0.3, -0.25) is 0 Å². The number of ether oxygens (including phenoxy) is 1. The van der Waals surface area contributed by atoms with Crippen LogP contribution in [0.3, 0.4) is 0 Å². The van der Waals surface area contributed by atoms with Crippen LogP contribution in [0.1, 0.15) is 17.2 Å². The van der Waals surface area contributed by atoms with Gasteiger partial charge < -0.3 is 9.15 Å². The summed E-state index contributed by atoms with van der Waals surface area (Å²) in [5, 5.41) is 4.25. The van der Waals surface area contributed by atoms with Gasteiger partial charge in [0.2, 0.25) is 0 Å². The number of rotatable bonds is 4. The topological polar surface area (TPSA) is 66.0 Å². The Bertz CT molecular complexity index is 912. The third kappa shape index (κ3) is 3.87. The number of halogens is 3. The summed E-state index contributed by atoms with van der Waals surface area (Å²) in [4.78, 5) is 7.36. The number of hydrogen-bond acceptors (Lipinski definition) is 5. The number of alkyl halides is 3. The molecule has 0 spiro atoms. The van der Waals surface area contributed by atoms with Crippen molar-refractivity contribution in [3.05, 3.63) is 47.9 Å². The maximum absolute atomic E-state index is 12.4. The number of benzene rings is 1. The third-order valence-corrected chi connectivity index (χ3v) is 3.21. The first-order valence-corrected chi connectivity index (χ1v) is 7.13. The quantitative estimate of drug-likeness (QED) is 0.714. The molecule has 2 aromatic heterocycles. The van der Waals surface area contributed by atoms with E-state index in [0.717, 1.165) is 17.3 Å². The summed E-state index contributed by atoms with van der Waals surface area (Å²) in [6, 6.07) is 5.57. The van der Waals surface area contributed by atoms with E-state index in [0.29, 0.717) is 11.6 Å². The van der Waals surface area contributed by atoms with Crippen molar-refractivity contribution in [1.82, 2.24) is 19.7 Å². The minimum Gasteiger partial charge on any atom is -0.497 e. The lowest BCUT2D eigenvalue weighted by molar-refractivity contribution is -0.157. The van der Waals surface area contributed by atoms with Gasteiger partial charge in [-0.05, 0) is 30.7 Å². The molecule has 0 radical (unpaired) electrons. The lowest BCUT2D eigenvalue weighted by Gasteiger charge is -2.03. The molecular formula is C16H13F3N4O2. The van der Waals surface area contributed by atoms with Gasteiger partial charge in [-0.1, -0.05) is 0 Å². The molecule has 6 nitrogen and oxygen atoms in total. The van der Waals surface area contributed by atoms with E-state index in [1.54, 1.807) is 13.2 Å². The first kappa shape index (κ1) is 16.7. The SMILES string of the molecule is COc1cc(C)cc(-c2ncn(/C=C\c3cnc(C(F)(F)F)o3)n2)c1. The van der Waals surface area contributed by atoms with E-state index < -0.39 is 12.1 Å². The van der Waals surface area contributed by atoms with Gasteiger partial charge in [0.05, 0.1) is 13.3 Å². The van der Waals surface area contributed by atoms with Gasteiger partial charge in [-0.25, -0.2) is 14.6 Å². The van der Waals surface area contributed by atoms with E-state index >= 15 is 0 Å². The summed E-state index contributed by atoms with van der Waals surface area (Å²) in [6.45, 7) is 1.92. The zero-order valence-corrected chi connectivity index (χ0v) is 13.3. The number of nitrogens with zero attached hydrogens (tertiary/aromatic N) is 4. The highest BCUT2D eigenvalue weighted by Crippen LogP contribution is 2.28. The van der Waals surface area contributed by atoms with Crippen LogP contribution in [0, 0.1) is 6.92 Å². The molecule has 9 heteroatoms. The highest BCUT2D eigenvalue weighted by molar-refractivity contribution is 5.60. The van der Waals surface area contributed by atoms with Gasteiger partial charge in [0, 0.05) is 17.8 Å². The molecule has 0 unspecified atom stereocenters. The molecule has 0 saturated carbocycles. The molecular weight excluding hydrogens is 337 g/mol. The average molecular weight is 350 g/mol. The molecule has 3 rings (SSSR count). The van der Waals surface area contributed by atoms with Crippen LogP contribution in [-0.4, -0.2) is 26.9 Å².